The van der Waals surface area contributed by atoms with Crippen LogP contribution in [-0.2, 0) is 6.54 Å². The molecule has 1 heterocycles. The van der Waals surface area contributed by atoms with Crippen molar-refractivity contribution in [2.45, 2.75) is 6.54 Å². The van der Waals surface area contributed by atoms with Crippen LogP contribution in [0.2, 0.25) is 0 Å². The van der Waals surface area contributed by atoms with Crippen LogP contribution in [0.15, 0.2) is 28.0 Å². The quantitative estimate of drug-likeness (QED) is 0.873. The zero-order valence-electron chi connectivity index (χ0n) is 7.11. The number of nitrogens with zero attached hydrogens (tertiary/aromatic N) is 2. The molecule has 5 nitrogen and oxygen atoms in total. The van der Waals surface area contributed by atoms with E-state index < -0.39 is 5.97 Å². The van der Waals surface area contributed by atoms with E-state index in [2.05, 4.69) is 27.6 Å². The molecule has 0 fully saturated rings. The first kappa shape index (κ1) is 10.6. The van der Waals surface area contributed by atoms with E-state index in [1.54, 1.807) is 0 Å². The summed E-state index contributed by atoms with van der Waals surface area (Å²) in [5.74, 6) is -1.17. The molecular weight excluding hydrogens is 252 g/mol. The van der Waals surface area contributed by atoms with Gasteiger partial charge in [0.2, 0.25) is 0 Å². The van der Waals surface area contributed by atoms with Crippen LogP contribution in [0.4, 0.5) is 0 Å². The molecule has 0 saturated heterocycles. The Kier molecular flexibility index (Phi) is 3.19. The van der Waals surface area contributed by atoms with Crippen LogP contribution in [0, 0.1) is 0 Å². The normalized spacial score (nSPS) is 9.79. The van der Waals surface area contributed by atoms with Gasteiger partial charge < -0.3 is 5.11 Å². The highest BCUT2D eigenvalue weighted by molar-refractivity contribution is 9.11. The number of allylic oxidation sites excluding steroid dienone is 1. The van der Waals surface area contributed by atoms with E-state index in [0.717, 1.165) is 16.8 Å². The molecular formula is C8H7BrN2O3. The number of aromatic nitrogens is 2. The van der Waals surface area contributed by atoms with Crippen LogP contribution < -0.4 is 5.56 Å². The van der Waals surface area contributed by atoms with Crippen LogP contribution in [0.1, 0.15) is 10.5 Å². The van der Waals surface area contributed by atoms with Gasteiger partial charge in [-0.1, -0.05) is 22.5 Å². The molecule has 0 saturated carbocycles. The van der Waals surface area contributed by atoms with Gasteiger partial charge in [0, 0.05) is 10.5 Å². The minimum Gasteiger partial charge on any atom is -0.476 e. The van der Waals surface area contributed by atoms with Crippen LogP contribution in [0.5, 0.6) is 0 Å². The lowest BCUT2D eigenvalue weighted by Crippen LogP contribution is -2.24. The molecule has 0 aliphatic rings. The first-order valence-corrected chi connectivity index (χ1v) is 4.45. The van der Waals surface area contributed by atoms with E-state index >= 15 is 0 Å². The van der Waals surface area contributed by atoms with Gasteiger partial charge in [0.15, 0.2) is 5.69 Å². The van der Waals surface area contributed by atoms with E-state index in [1.807, 2.05) is 0 Å². The van der Waals surface area contributed by atoms with Gasteiger partial charge >= 0.3 is 5.97 Å². The third-order valence-electron chi connectivity index (χ3n) is 1.41. The van der Waals surface area contributed by atoms with Gasteiger partial charge in [-0.3, -0.25) is 4.79 Å². The highest BCUT2D eigenvalue weighted by Gasteiger charge is 2.06. The lowest BCUT2D eigenvalue weighted by Gasteiger charge is -2.02. The maximum absolute atomic E-state index is 11.2. The smallest absolute Gasteiger partial charge is 0.356 e. The molecule has 1 rings (SSSR count). The van der Waals surface area contributed by atoms with Crippen molar-refractivity contribution in [3.8, 4) is 0 Å². The van der Waals surface area contributed by atoms with Crippen molar-refractivity contribution in [3.05, 3.63) is 39.2 Å². The van der Waals surface area contributed by atoms with Gasteiger partial charge in [-0.05, 0) is 6.07 Å². The molecule has 1 N–H and O–H groups in total. The highest BCUT2D eigenvalue weighted by Crippen LogP contribution is 2.02. The molecule has 1 aromatic heterocycles. The van der Waals surface area contributed by atoms with Gasteiger partial charge in [0.25, 0.3) is 5.56 Å². The van der Waals surface area contributed by atoms with Gasteiger partial charge in [-0.15, -0.1) is 0 Å². The van der Waals surface area contributed by atoms with Gasteiger partial charge in [-0.25, -0.2) is 9.48 Å². The van der Waals surface area contributed by atoms with Crippen LogP contribution >= 0.6 is 15.9 Å². The Balaban J connectivity index is 3.15. The molecule has 0 aliphatic heterocycles. The molecule has 0 unspecified atom stereocenters. The molecule has 0 amide bonds. The molecule has 0 atom stereocenters. The van der Waals surface area contributed by atoms with Gasteiger partial charge in [-0.2, -0.15) is 5.10 Å². The zero-order valence-corrected chi connectivity index (χ0v) is 8.69. The molecule has 0 bridgehead atoms. The molecule has 14 heavy (non-hydrogen) atoms. The number of carbonyl (C=O) groups is 1. The number of hydrogen-bond acceptors (Lipinski definition) is 3. The monoisotopic (exact) mass is 258 g/mol. The van der Waals surface area contributed by atoms with Crippen molar-refractivity contribution in [2.24, 2.45) is 0 Å². The summed E-state index contributed by atoms with van der Waals surface area (Å²) in [5.41, 5.74) is -0.533. The Morgan fingerprint density at radius 2 is 2.29 bits per heavy atom. The summed E-state index contributed by atoms with van der Waals surface area (Å²) in [6.07, 6.45) is 0. The van der Waals surface area contributed by atoms with Crippen molar-refractivity contribution in [1.82, 2.24) is 9.78 Å². The van der Waals surface area contributed by atoms with E-state index in [0.29, 0.717) is 4.48 Å². The maximum Gasteiger partial charge on any atom is 0.356 e. The lowest BCUT2D eigenvalue weighted by atomic mass is 10.4. The molecule has 74 valence electrons. The fourth-order valence-electron chi connectivity index (χ4n) is 0.839. The number of aromatic carboxylic acids is 1. The third kappa shape index (κ3) is 2.53. The predicted octanol–water partition coefficient (Wildman–Crippen LogP) is 0.850. The van der Waals surface area contributed by atoms with Crippen molar-refractivity contribution < 1.29 is 9.90 Å². The Hall–Kier alpha value is -1.43. The largest absolute Gasteiger partial charge is 0.476 e. The van der Waals surface area contributed by atoms with Crippen molar-refractivity contribution in [1.29, 1.82) is 0 Å². The second-order valence-corrected chi connectivity index (χ2v) is 3.66. The zero-order chi connectivity index (χ0) is 10.7. The molecule has 0 radical (unpaired) electrons. The summed E-state index contributed by atoms with van der Waals surface area (Å²) in [5, 5.41) is 12.2. The number of halogens is 1. The standard InChI is InChI=1S/C8H7BrN2O3/c1-5(9)4-11-7(12)3-2-6(10-11)8(13)14/h2-3H,1,4H2,(H,13,14). The van der Waals surface area contributed by atoms with E-state index in [9.17, 15) is 9.59 Å². The summed E-state index contributed by atoms with van der Waals surface area (Å²) in [6.45, 7) is 3.69. The van der Waals surface area contributed by atoms with E-state index in [4.69, 9.17) is 5.11 Å². The molecule has 0 aromatic carbocycles. The summed E-state index contributed by atoms with van der Waals surface area (Å²) < 4.78 is 1.58. The Morgan fingerprint density at radius 1 is 1.64 bits per heavy atom. The van der Waals surface area contributed by atoms with E-state index in [-0.39, 0.29) is 17.8 Å². The average Bonchev–Trinajstić information content (AvgIpc) is 2.07. The minimum absolute atomic E-state index is 0.153. The van der Waals surface area contributed by atoms with Crippen molar-refractivity contribution in [2.75, 3.05) is 0 Å². The van der Waals surface area contributed by atoms with E-state index in [1.165, 1.54) is 0 Å². The summed E-state index contributed by atoms with van der Waals surface area (Å²) in [7, 11) is 0. The first-order valence-electron chi connectivity index (χ1n) is 3.65. The predicted molar refractivity (Wildman–Crippen MR) is 53.5 cm³/mol. The summed E-state index contributed by atoms with van der Waals surface area (Å²) in [4.78, 5) is 21.7. The van der Waals surface area contributed by atoms with Gasteiger partial charge in [0.1, 0.15) is 0 Å². The fraction of sp³-hybridized carbons (Fsp3) is 0.125. The first-order chi connectivity index (χ1) is 6.50. The Bertz CT molecular complexity index is 438. The van der Waals surface area contributed by atoms with Crippen LogP contribution in [-0.4, -0.2) is 20.9 Å². The SMILES string of the molecule is C=C(Br)Cn1nc(C(=O)O)ccc1=O. The number of carboxylic acid groups (broad SMARTS) is 1. The summed E-state index contributed by atoms with van der Waals surface area (Å²) >= 11 is 3.07. The van der Waals surface area contributed by atoms with Crippen LogP contribution in [0.3, 0.4) is 0 Å². The lowest BCUT2D eigenvalue weighted by molar-refractivity contribution is 0.0687. The second kappa shape index (κ2) is 4.19. The maximum atomic E-state index is 11.2. The average molecular weight is 259 g/mol. The molecule has 0 spiro atoms. The second-order valence-electron chi connectivity index (χ2n) is 2.54. The number of rotatable bonds is 3. The molecule has 1 aromatic rings. The summed E-state index contributed by atoms with van der Waals surface area (Å²) in [6, 6.07) is 2.32. The third-order valence-corrected chi connectivity index (χ3v) is 1.66. The van der Waals surface area contributed by atoms with Crippen molar-refractivity contribution >= 4 is 21.9 Å². The Labute approximate surface area is 87.8 Å². The van der Waals surface area contributed by atoms with Crippen LogP contribution in [0.25, 0.3) is 0 Å². The minimum atomic E-state index is -1.17. The Morgan fingerprint density at radius 3 is 2.79 bits per heavy atom. The number of hydrogen-bond donors (Lipinski definition) is 1. The molecule has 0 aliphatic carbocycles. The highest BCUT2D eigenvalue weighted by atomic mass is 79.9. The van der Waals surface area contributed by atoms with Gasteiger partial charge in [0.05, 0.1) is 6.54 Å². The van der Waals surface area contributed by atoms with Crippen molar-refractivity contribution in [3.63, 3.8) is 0 Å². The topological polar surface area (TPSA) is 72.2 Å². The molecule has 6 heteroatoms. The fourth-order valence-corrected chi connectivity index (χ4v) is 1.08. The number of carboxylic acids is 1.